The Morgan fingerprint density at radius 3 is 2.18 bits per heavy atom. The molecule has 0 bridgehead atoms. The first-order valence-corrected chi connectivity index (χ1v) is 15.6. The predicted molar refractivity (Wildman–Crippen MR) is 145 cm³/mol. The number of nitrogens with zero attached hydrogens (tertiary/aromatic N) is 2. The molecule has 8 atom stereocenters. The molecule has 2 heterocycles. The summed E-state index contributed by atoms with van der Waals surface area (Å²) < 4.78 is 8.81. The van der Waals surface area contributed by atoms with Crippen molar-refractivity contribution in [1.82, 2.24) is 0 Å². The van der Waals surface area contributed by atoms with Crippen LogP contribution in [0.2, 0.25) is 0 Å². The number of hydrogen-bond acceptors (Lipinski definition) is 2. The molecule has 0 aromatic carbocycles. The molecule has 6 heteroatoms. The Morgan fingerprint density at radius 2 is 1.53 bits per heavy atom. The SMILES string of the molecule is CC(=O)O[C@H]1[C@@H]([N+]2(C)CCCCC2)C[C@H]2[C@@H]3CC=C4C[C@@H]([N+]5(C)CCCC5)CC[C@]4(C)[C@H]3CC[C@@]21C.[I-].[I-]. The van der Waals surface area contributed by atoms with Crippen molar-refractivity contribution in [1.29, 1.82) is 0 Å². The molecule has 0 aromatic heterocycles. The molecular weight excluding hydrogens is 698 g/mol. The summed E-state index contributed by atoms with van der Waals surface area (Å²) >= 11 is 0. The van der Waals surface area contributed by atoms with Crippen molar-refractivity contribution in [3.63, 3.8) is 0 Å². The molecule has 2 saturated heterocycles. The fourth-order valence-corrected chi connectivity index (χ4v) is 11.1. The maximum atomic E-state index is 12.4. The lowest BCUT2D eigenvalue weighted by Gasteiger charge is -2.58. The molecule has 6 aliphatic rings. The van der Waals surface area contributed by atoms with E-state index in [9.17, 15) is 4.79 Å². The highest BCUT2D eigenvalue weighted by atomic mass is 127. The number of fused-ring (bicyclic) bond motifs is 5. The normalized spacial score (nSPS) is 44.8. The summed E-state index contributed by atoms with van der Waals surface area (Å²) in [6, 6.07) is 1.33. The first-order chi connectivity index (χ1) is 17.1. The number of piperidine rings is 1. The Morgan fingerprint density at radius 1 is 0.895 bits per heavy atom. The number of likely N-dealkylation sites (N-methyl/N-ethyl adjacent to an activating group) is 1. The standard InChI is InChI=1S/C32H54N2O2.2HI/c1-23(35)36-30-29(34(5)19-7-6-8-20-34)22-28-26-12-11-24-21-25(33(4)17-9-10-18-33)13-15-31(24,2)27(26)14-16-32(28,30)3;;/h11,25-30H,6-10,12-22H2,1-5H3;2*1H/q+2;;/p-2/t25-,26+,27-,28-,29-,30-,31-,32-;;/m0../s1. The molecule has 4 nitrogen and oxygen atoms in total. The highest BCUT2D eigenvalue weighted by Gasteiger charge is 2.66. The van der Waals surface area contributed by atoms with E-state index in [2.05, 4.69) is 34.0 Å². The van der Waals surface area contributed by atoms with Crippen LogP contribution in [0.25, 0.3) is 0 Å². The molecule has 0 N–H and O–H groups in total. The second-order valence-corrected chi connectivity index (χ2v) is 15.2. The van der Waals surface area contributed by atoms with Crippen LogP contribution in [-0.4, -0.2) is 73.4 Å². The summed E-state index contributed by atoms with van der Waals surface area (Å²) in [6.07, 6.45) is 19.0. The van der Waals surface area contributed by atoms with Gasteiger partial charge in [-0.25, -0.2) is 0 Å². The third-order valence-corrected chi connectivity index (χ3v) is 13.4. The van der Waals surface area contributed by atoms with E-state index in [0.29, 0.717) is 17.4 Å². The van der Waals surface area contributed by atoms with E-state index in [1.165, 1.54) is 108 Å². The Bertz CT molecular complexity index is 911. The minimum absolute atomic E-state index is 0. The molecule has 5 fully saturated rings. The van der Waals surface area contributed by atoms with Crippen LogP contribution in [0.3, 0.4) is 0 Å². The molecule has 0 unspecified atom stereocenters. The van der Waals surface area contributed by atoms with Crippen LogP contribution < -0.4 is 48.0 Å². The van der Waals surface area contributed by atoms with Gasteiger partial charge in [0.1, 0.15) is 6.04 Å². The van der Waals surface area contributed by atoms with Crippen LogP contribution in [0.15, 0.2) is 11.6 Å². The highest BCUT2D eigenvalue weighted by Crippen LogP contribution is 2.66. The summed E-state index contributed by atoms with van der Waals surface area (Å²) in [5, 5.41) is 0. The summed E-state index contributed by atoms with van der Waals surface area (Å²) in [6.45, 7) is 12.2. The number of carbonyl (C=O) groups excluding carboxylic acids is 1. The summed E-state index contributed by atoms with van der Waals surface area (Å²) in [7, 11) is 5.04. The minimum atomic E-state index is -0.0627. The second kappa shape index (κ2) is 11.3. The lowest BCUT2D eigenvalue weighted by Crippen LogP contribution is -3.00. The fraction of sp³-hybridized carbons (Fsp3) is 0.906. The van der Waals surface area contributed by atoms with Gasteiger partial charge in [-0.2, -0.15) is 0 Å². The van der Waals surface area contributed by atoms with E-state index in [1.807, 2.05) is 5.57 Å². The van der Waals surface area contributed by atoms with Crippen LogP contribution in [0, 0.1) is 28.6 Å². The van der Waals surface area contributed by atoms with Gasteiger partial charge in [0, 0.05) is 44.4 Å². The Hall–Kier alpha value is 0.590. The first kappa shape index (κ1) is 31.5. The van der Waals surface area contributed by atoms with Crippen LogP contribution in [0.1, 0.15) is 97.8 Å². The molecule has 0 spiro atoms. The van der Waals surface area contributed by atoms with Gasteiger partial charge in [-0.15, -0.1) is 0 Å². The van der Waals surface area contributed by atoms with Crippen molar-refractivity contribution >= 4 is 5.97 Å². The summed E-state index contributed by atoms with van der Waals surface area (Å²) in [4.78, 5) is 12.4. The lowest BCUT2D eigenvalue weighted by atomic mass is 9.47. The van der Waals surface area contributed by atoms with Crippen molar-refractivity contribution in [3.8, 4) is 0 Å². The van der Waals surface area contributed by atoms with E-state index in [4.69, 9.17) is 4.74 Å². The monoisotopic (exact) mass is 752 g/mol. The molecule has 0 radical (unpaired) electrons. The molecule has 6 rings (SSSR count). The maximum absolute atomic E-state index is 12.4. The zero-order valence-electron chi connectivity index (χ0n) is 24.8. The maximum Gasteiger partial charge on any atom is 0.303 e. The zero-order chi connectivity index (χ0) is 25.3. The number of likely N-dealkylation sites (tertiary alicyclic amines) is 2. The number of halogens is 2. The van der Waals surface area contributed by atoms with Crippen molar-refractivity contribution in [2.45, 2.75) is 116 Å². The van der Waals surface area contributed by atoms with Gasteiger partial charge in [-0.05, 0) is 68.1 Å². The Labute approximate surface area is 267 Å². The van der Waals surface area contributed by atoms with Gasteiger partial charge in [0.25, 0.3) is 0 Å². The Kier molecular flexibility index (Phi) is 9.42. The topological polar surface area (TPSA) is 26.3 Å². The van der Waals surface area contributed by atoms with Gasteiger partial charge in [0.2, 0.25) is 0 Å². The van der Waals surface area contributed by atoms with E-state index in [1.54, 1.807) is 6.92 Å². The summed E-state index contributed by atoms with van der Waals surface area (Å²) in [5.74, 6) is 2.22. The van der Waals surface area contributed by atoms with Crippen LogP contribution >= 0.6 is 0 Å². The zero-order valence-corrected chi connectivity index (χ0v) is 29.1. The largest absolute Gasteiger partial charge is 1.00 e. The predicted octanol–water partition coefficient (Wildman–Crippen LogP) is 0.107. The Balaban J connectivity index is 0.00000168. The van der Waals surface area contributed by atoms with E-state index in [0.717, 1.165) is 22.4 Å². The summed E-state index contributed by atoms with van der Waals surface area (Å²) in [5.41, 5.74) is 2.37. The van der Waals surface area contributed by atoms with Crippen LogP contribution in [0.5, 0.6) is 0 Å². The van der Waals surface area contributed by atoms with Crippen molar-refractivity contribution in [2.24, 2.45) is 28.6 Å². The van der Waals surface area contributed by atoms with E-state index in [-0.39, 0.29) is 65.4 Å². The molecule has 3 saturated carbocycles. The highest BCUT2D eigenvalue weighted by molar-refractivity contribution is 5.66. The van der Waals surface area contributed by atoms with Gasteiger partial charge in [0.15, 0.2) is 6.10 Å². The van der Waals surface area contributed by atoms with Gasteiger partial charge >= 0.3 is 5.97 Å². The molecule has 0 aromatic rings. The van der Waals surface area contributed by atoms with Crippen LogP contribution in [-0.2, 0) is 9.53 Å². The average molecular weight is 753 g/mol. The quantitative estimate of drug-likeness (QED) is 0.177. The third-order valence-electron chi connectivity index (χ3n) is 13.4. The minimum Gasteiger partial charge on any atom is -1.00 e. The number of allylic oxidation sites excluding steroid dienone is 1. The average Bonchev–Trinajstić information content (AvgIpc) is 3.41. The number of hydrogen-bond donors (Lipinski definition) is 0. The van der Waals surface area contributed by atoms with Crippen molar-refractivity contribution in [2.75, 3.05) is 40.3 Å². The molecule has 0 amide bonds. The van der Waals surface area contributed by atoms with Gasteiger partial charge in [-0.1, -0.05) is 25.5 Å². The second-order valence-electron chi connectivity index (χ2n) is 15.2. The number of esters is 1. The fourth-order valence-electron chi connectivity index (χ4n) is 11.1. The number of quaternary nitrogens is 2. The van der Waals surface area contributed by atoms with Gasteiger partial charge in [-0.3, -0.25) is 4.79 Å². The molecular formula is C32H54I2N2O2. The van der Waals surface area contributed by atoms with E-state index < -0.39 is 0 Å². The molecule has 4 aliphatic carbocycles. The number of carbonyl (C=O) groups is 1. The van der Waals surface area contributed by atoms with Gasteiger partial charge in [0.05, 0.1) is 46.3 Å². The third kappa shape index (κ3) is 4.97. The molecule has 38 heavy (non-hydrogen) atoms. The molecule has 218 valence electrons. The smallest absolute Gasteiger partial charge is 0.303 e. The van der Waals surface area contributed by atoms with Gasteiger partial charge < -0.3 is 61.7 Å². The number of rotatable bonds is 3. The first-order valence-electron chi connectivity index (χ1n) is 15.6. The van der Waals surface area contributed by atoms with Crippen molar-refractivity contribution in [3.05, 3.63) is 11.6 Å². The van der Waals surface area contributed by atoms with Crippen LogP contribution in [0.4, 0.5) is 0 Å². The lowest BCUT2D eigenvalue weighted by molar-refractivity contribution is -0.940. The molecule has 2 aliphatic heterocycles. The van der Waals surface area contributed by atoms with E-state index >= 15 is 0 Å². The number of ether oxygens (including phenoxy) is 1. The van der Waals surface area contributed by atoms with Crippen molar-refractivity contribution < 1.29 is 66.5 Å².